The highest BCUT2D eigenvalue weighted by Gasteiger charge is 2.32. The molecule has 1 amide bonds. The molecule has 1 unspecified atom stereocenters. The second kappa shape index (κ2) is 8.86. The van der Waals surface area contributed by atoms with Gasteiger partial charge in [-0.15, -0.1) is 0 Å². The third kappa shape index (κ3) is 4.43. The van der Waals surface area contributed by atoms with Crippen molar-refractivity contribution in [3.05, 3.63) is 52.7 Å². The predicted octanol–water partition coefficient (Wildman–Crippen LogP) is 4.06. The summed E-state index contributed by atoms with van der Waals surface area (Å²) in [5, 5.41) is 4.04. The molecule has 1 saturated heterocycles. The van der Waals surface area contributed by atoms with Gasteiger partial charge < -0.3 is 9.42 Å². The summed E-state index contributed by atoms with van der Waals surface area (Å²) in [5.74, 6) is 0.788. The van der Waals surface area contributed by atoms with E-state index in [1.54, 1.807) is 6.92 Å². The van der Waals surface area contributed by atoms with E-state index in [0.29, 0.717) is 30.2 Å². The fourth-order valence-electron chi connectivity index (χ4n) is 3.99. The summed E-state index contributed by atoms with van der Waals surface area (Å²) in [5.41, 5.74) is 2.45. The molecule has 0 N–H and O–H groups in total. The molecule has 2 aromatic rings. The van der Waals surface area contributed by atoms with Gasteiger partial charge in [0.25, 0.3) is 5.91 Å². The number of amides is 1. The van der Waals surface area contributed by atoms with Crippen LogP contribution in [0.2, 0.25) is 0 Å². The Morgan fingerprint density at radius 3 is 2.64 bits per heavy atom. The van der Waals surface area contributed by atoms with Crippen molar-refractivity contribution in [3.63, 3.8) is 0 Å². The van der Waals surface area contributed by atoms with Gasteiger partial charge in [0.2, 0.25) is 0 Å². The Kier molecular flexibility index (Phi) is 6.50. The van der Waals surface area contributed by atoms with Gasteiger partial charge >= 0.3 is 0 Å². The fraction of sp³-hybridized carbons (Fsp3) is 0.545. The molecule has 3 rings (SSSR count). The second-order valence-electron chi connectivity index (χ2n) is 7.93. The number of aromatic nitrogens is 1. The molecule has 0 saturated carbocycles. The van der Waals surface area contributed by atoms with Crippen LogP contribution < -0.4 is 0 Å². The van der Waals surface area contributed by atoms with Gasteiger partial charge in [-0.2, -0.15) is 0 Å². The molecule has 28 heavy (non-hydrogen) atoms. The Morgan fingerprint density at radius 2 is 2.00 bits per heavy atom. The van der Waals surface area contributed by atoms with Crippen LogP contribution in [0, 0.1) is 18.7 Å². The number of carbonyl (C=O) groups is 1. The van der Waals surface area contributed by atoms with Crippen molar-refractivity contribution >= 4 is 5.91 Å². The van der Waals surface area contributed by atoms with Crippen molar-refractivity contribution in [2.75, 3.05) is 19.6 Å². The normalized spacial score (nSPS) is 18.5. The van der Waals surface area contributed by atoms with E-state index in [-0.39, 0.29) is 17.8 Å². The molecule has 6 heteroatoms. The minimum Gasteiger partial charge on any atom is -0.361 e. The van der Waals surface area contributed by atoms with Crippen molar-refractivity contribution in [1.82, 2.24) is 15.0 Å². The SMILES string of the molecule is CCc1noc(C)c1C(=O)N1CCCN(Cc2ccc(F)cc2)C(C(C)C)C1. The van der Waals surface area contributed by atoms with Crippen molar-refractivity contribution in [3.8, 4) is 0 Å². The summed E-state index contributed by atoms with van der Waals surface area (Å²) in [6.07, 6.45) is 1.58. The van der Waals surface area contributed by atoms with Crippen molar-refractivity contribution in [2.45, 2.75) is 53.1 Å². The van der Waals surface area contributed by atoms with Gasteiger partial charge in [0.15, 0.2) is 0 Å². The van der Waals surface area contributed by atoms with Crippen molar-refractivity contribution < 1.29 is 13.7 Å². The third-order valence-electron chi connectivity index (χ3n) is 5.59. The maximum absolute atomic E-state index is 13.3. The molecule has 0 bridgehead atoms. The molecule has 0 radical (unpaired) electrons. The van der Waals surface area contributed by atoms with Gasteiger partial charge in [0.05, 0.1) is 5.69 Å². The number of hydrogen-bond acceptors (Lipinski definition) is 4. The molecule has 1 atom stereocenters. The third-order valence-corrected chi connectivity index (χ3v) is 5.59. The zero-order valence-electron chi connectivity index (χ0n) is 17.2. The maximum atomic E-state index is 13.3. The lowest BCUT2D eigenvalue weighted by atomic mass is 10.0. The topological polar surface area (TPSA) is 49.6 Å². The number of benzene rings is 1. The predicted molar refractivity (Wildman–Crippen MR) is 107 cm³/mol. The van der Waals surface area contributed by atoms with Crippen molar-refractivity contribution in [2.24, 2.45) is 5.92 Å². The number of nitrogens with zero attached hydrogens (tertiary/aromatic N) is 3. The number of aryl methyl sites for hydroxylation is 2. The molecular weight excluding hydrogens is 357 g/mol. The van der Waals surface area contributed by atoms with Gasteiger partial charge in [-0.05, 0) is 43.4 Å². The standard InChI is InChI=1S/C22H30FN3O2/c1-5-19-21(16(4)28-24-19)22(27)26-12-6-11-25(20(14-26)15(2)3)13-17-7-9-18(23)10-8-17/h7-10,15,20H,5-6,11-14H2,1-4H3. The monoisotopic (exact) mass is 387 g/mol. The quantitative estimate of drug-likeness (QED) is 0.776. The Labute approximate surface area is 166 Å². The molecule has 1 aliphatic rings. The van der Waals surface area contributed by atoms with Crippen LogP contribution in [0.5, 0.6) is 0 Å². The average Bonchev–Trinajstić information content (AvgIpc) is 2.91. The zero-order chi connectivity index (χ0) is 20.3. The molecule has 1 fully saturated rings. The first-order valence-electron chi connectivity index (χ1n) is 10.1. The molecular formula is C22H30FN3O2. The van der Waals surface area contributed by atoms with Crippen LogP contribution in [0.4, 0.5) is 4.39 Å². The summed E-state index contributed by atoms with van der Waals surface area (Å²) in [4.78, 5) is 17.6. The Balaban J connectivity index is 1.79. The van der Waals surface area contributed by atoms with Crippen molar-refractivity contribution in [1.29, 1.82) is 0 Å². The minimum atomic E-state index is -0.215. The van der Waals surface area contributed by atoms with Crippen LogP contribution >= 0.6 is 0 Å². The van der Waals surface area contributed by atoms with Gasteiger partial charge in [-0.25, -0.2) is 4.39 Å². The second-order valence-corrected chi connectivity index (χ2v) is 7.93. The number of hydrogen-bond donors (Lipinski definition) is 0. The van der Waals surface area contributed by atoms with E-state index in [1.165, 1.54) is 12.1 Å². The molecule has 5 nitrogen and oxygen atoms in total. The molecule has 1 aliphatic heterocycles. The first-order chi connectivity index (χ1) is 13.4. The van der Waals surface area contributed by atoms with Gasteiger partial charge in [0.1, 0.15) is 17.1 Å². The van der Waals surface area contributed by atoms with Gasteiger partial charge in [-0.3, -0.25) is 9.69 Å². The maximum Gasteiger partial charge on any atom is 0.259 e. The van der Waals surface area contributed by atoms with E-state index in [0.717, 1.165) is 37.3 Å². The summed E-state index contributed by atoms with van der Waals surface area (Å²) < 4.78 is 18.5. The smallest absolute Gasteiger partial charge is 0.259 e. The van der Waals surface area contributed by atoms with E-state index in [4.69, 9.17) is 4.52 Å². The van der Waals surface area contributed by atoms with Crippen LogP contribution in [0.25, 0.3) is 0 Å². The fourth-order valence-corrected chi connectivity index (χ4v) is 3.99. The number of carbonyl (C=O) groups excluding carboxylic acids is 1. The highest BCUT2D eigenvalue weighted by molar-refractivity contribution is 5.96. The van der Waals surface area contributed by atoms with Gasteiger partial charge in [0, 0.05) is 32.2 Å². The van der Waals surface area contributed by atoms with E-state index in [1.807, 2.05) is 24.0 Å². The minimum absolute atomic E-state index is 0.0184. The number of rotatable bonds is 5. The lowest BCUT2D eigenvalue weighted by molar-refractivity contribution is 0.0699. The molecule has 1 aromatic heterocycles. The van der Waals surface area contributed by atoms with Gasteiger partial charge in [-0.1, -0.05) is 38.1 Å². The Hall–Kier alpha value is -2.21. The first-order valence-corrected chi connectivity index (χ1v) is 10.1. The molecule has 152 valence electrons. The summed E-state index contributed by atoms with van der Waals surface area (Å²) in [6.45, 7) is 11.2. The summed E-state index contributed by atoms with van der Waals surface area (Å²) in [7, 11) is 0. The van der Waals surface area contributed by atoms with E-state index >= 15 is 0 Å². The highest BCUT2D eigenvalue weighted by atomic mass is 19.1. The van der Waals surface area contributed by atoms with Crippen LogP contribution in [-0.4, -0.2) is 46.5 Å². The lowest BCUT2D eigenvalue weighted by Crippen LogP contribution is -2.45. The largest absolute Gasteiger partial charge is 0.361 e. The molecule has 0 aliphatic carbocycles. The van der Waals surface area contributed by atoms with E-state index in [9.17, 15) is 9.18 Å². The van der Waals surface area contributed by atoms with Crippen LogP contribution in [0.3, 0.4) is 0 Å². The zero-order valence-corrected chi connectivity index (χ0v) is 17.2. The van der Waals surface area contributed by atoms with Crippen LogP contribution in [0.15, 0.2) is 28.8 Å². The molecule has 1 aromatic carbocycles. The Bertz CT molecular complexity index is 801. The first kappa shape index (κ1) is 20.5. The summed E-state index contributed by atoms with van der Waals surface area (Å²) in [6, 6.07) is 6.94. The summed E-state index contributed by atoms with van der Waals surface area (Å²) >= 11 is 0. The number of halogens is 1. The molecule has 2 heterocycles. The lowest BCUT2D eigenvalue weighted by Gasteiger charge is -2.34. The Morgan fingerprint density at radius 1 is 1.29 bits per heavy atom. The van der Waals surface area contributed by atoms with E-state index in [2.05, 4.69) is 23.9 Å². The van der Waals surface area contributed by atoms with E-state index < -0.39 is 0 Å². The average molecular weight is 387 g/mol. The highest BCUT2D eigenvalue weighted by Crippen LogP contribution is 2.23. The molecule has 0 spiro atoms. The van der Waals surface area contributed by atoms with Crippen LogP contribution in [0.1, 0.15) is 54.6 Å². The van der Waals surface area contributed by atoms with Crippen LogP contribution in [-0.2, 0) is 13.0 Å².